The largest absolute Gasteiger partial charge is 0.478 e. The number of esters is 1. The van der Waals surface area contributed by atoms with E-state index in [1.165, 1.54) is 6.92 Å². The second-order valence-electron chi connectivity index (χ2n) is 4.28. The summed E-state index contributed by atoms with van der Waals surface area (Å²) in [6.07, 6.45) is -1.30. The Morgan fingerprint density at radius 1 is 1.00 bits per heavy atom. The summed E-state index contributed by atoms with van der Waals surface area (Å²) < 4.78 is 4.92. The summed E-state index contributed by atoms with van der Waals surface area (Å²) in [6.45, 7) is 1.20. The van der Waals surface area contributed by atoms with Crippen LogP contribution in [0.5, 0.6) is 0 Å². The Balaban J connectivity index is 2.51. The first-order valence-corrected chi connectivity index (χ1v) is 6.14. The molecule has 2 aromatic rings. The topological polar surface area (TPSA) is 63.6 Å². The maximum atomic E-state index is 11.3. The van der Waals surface area contributed by atoms with Crippen LogP contribution in [0.3, 0.4) is 0 Å². The SMILES string of the molecule is CC(=O)OC(C(=O)O)c1ccccc1-c1ccccc1. The van der Waals surface area contributed by atoms with Crippen molar-refractivity contribution in [3.05, 3.63) is 60.2 Å². The molecule has 0 saturated heterocycles. The molecule has 2 aromatic carbocycles. The molecule has 0 aliphatic carbocycles. The predicted molar refractivity (Wildman–Crippen MR) is 74.0 cm³/mol. The fourth-order valence-electron chi connectivity index (χ4n) is 2.02. The van der Waals surface area contributed by atoms with Gasteiger partial charge in [0.2, 0.25) is 6.10 Å². The summed E-state index contributed by atoms with van der Waals surface area (Å²) in [6, 6.07) is 16.4. The van der Waals surface area contributed by atoms with Crippen LogP contribution >= 0.6 is 0 Å². The molecule has 0 bridgehead atoms. The Morgan fingerprint density at radius 2 is 1.60 bits per heavy atom. The van der Waals surface area contributed by atoms with E-state index in [0.29, 0.717) is 5.56 Å². The van der Waals surface area contributed by atoms with Gasteiger partial charge in [-0.05, 0) is 11.1 Å². The fraction of sp³-hybridized carbons (Fsp3) is 0.125. The van der Waals surface area contributed by atoms with E-state index in [0.717, 1.165) is 11.1 Å². The highest BCUT2D eigenvalue weighted by atomic mass is 16.6. The lowest BCUT2D eigenvalue weighted by Gasteiger charge is -2.16. The van der Waals surface area contributed by atoms with Gasteiger partial charge in [-0.3, -0.25) is 4.79 Å². The minimum Gasteiger partial charge on any atom is -0.478 e. The maximum Gasteiger partial charge on any atom is 0.349 e. The molecule has 1 atom stereocenters. The number of aliphatic carboxylic acids is 1. The normalized spacial score (nSPS) is 11.7. The van der Waals surface area contributed by atoms with Crippen molar-refractivity contribution in [2.75, 3.05) is 0 Å². The number of carbonyl (C=O) groups excluding carboxylic acids is 1. The van der Waals surface area contributed by atoms with Crippen LogP contribution in [0.15, 0.2) is 54.6 Å². The van der Waals surface area contributed by atoms with E-state index in [2.05, 4.69) is 0 Å². The van der Waals surface area contributed by atoms with Gasteiger partial charge in [-0.1, -0.05) is 54.6 Å². The van der Waals surface area contributed by atoms with Gasteiger partial charge in [-0.25, -0.2) is 4.79 Å². The molecule has 0 aliphatic heterocycles. The van der Waals surface area contributed by atoms with Gasteiger partial charge in [0.1, 0.15) is 0 Å². The van der Waals surface area contributed by atoms with Gasteiger partial charge in [0.15, 0.2) is 0 Å². The highest BCUT2D eigenvalue weighted by Gasteiger charge is 2.25. The Bertz CT molecular complexity index is 619. The number of carboxylic acids is 1. The average molecular weight is 270 g/mol. The van der Waals surface area contributed by atoms with Gasteiger partial charge in [0.05, 0.1) is 0 Å². The van der Waals surface area contributed by atoms with E-state index in [4.69, 9.17) is 4.74 Å². The van der Waals surface area contributed by atoms with Gasteiger partial charge in [0, 0.05) is 12.5 Å². The molecule has 102 valence electrons. The van der Waals surface area contributed by atoms with Crippen LogP contribution in [0.1, 0.15) is 18.6 Å². The summed E-state index contributed by atoms with van der Waals surface area (Å²) in [5.74, 6) is -1.82. The van der Waals surface area contributed by atoms with E-state index < -0.39 is 18.0 Å². The zero-order chi connectivity index (χ0) is 14.5. The molecule has 2 rings (SSSR count). The molecule has 0 aromatic heterocycles. The number of hydrogen-bond donors (Lipinski definition) is 1. The first kappa shape index (κ1) is 13.8. The Hall–Kier alpha value is -2.62. The van der Waals surface area contributed by atoms with E-state index in [1.54, 1.807) is 12.1 Å². The van der Waals surface area contributed by atoms with Crippen molar-refractivity contribution < 1.29 is 19.4 Å². The first-order valence-electron chi connectivity index (χ1n) is 6.14. The fourth-order valence-corrected chi connectivity index (χ4v) is 2.02. The maximum absolute atomic E-state index is 11.3. The summed E-state index contributed by atoms with van der Waals surface area (Å²) in [5.41, 5.74) is 2.07. The molecule has 1 unspecified atom stereocenters. The van der Waals surface area contributed by atoms with Crippen LogP contribution in [0.25, 0.3) is 11.1 Å². The minimum absolute atomic E-state index is 0.460. The molecule has 4 heteroatoms. The van der Waals surface area contributed by atoms with Crippen molar-refractivity contribution in [3.63, 3.8) is 0 Å². The van der Waals surface area contributed by atoms with E-state index in [-0.39, 0.29) is 0 Å². The summed E-state index contributed by atoms with van der Waals surface area (Å²) in [7, 11) is 0. The number of ether oxygens (including phenoxy) is 1. The quantitative estimate of drug-likeness (QED) is 0.867. The second-order valence-corrected chi connectivity index (χ2v) is 4.28. The molecule has 0 heterocycles. The van der Waals surface area contributed by atoms with Crippen molar-refractivity contribution in [3.8, 4) is 11.1 Å². The average Bonchev–Trinajstić information content (AvgIpc) is 2.45. The number of hydrogen-bond acceptors (Lipinski definition) is 3. The van der Waals surface area contributed by atoms with Crippen LogP contribution in [0.4, 0.5) is 0 Å². The van der Waals surface area contributed by atoms with Crippen LogP contribution in [-0.4, -0.2) is 17.0 Å². The van der Waals surface area contributed by atoms with Gasteiger partial charge < -0.3 is 9.84 Å². The van der Waals surface area contributed by atoms with Crippen LogP contribution < -0.4 is 0 Å². The zero-order valence-electron chi connectivity index (χ0n) is 10.9. The standard InChI is InChI=1S/C16H14O4/c1-11(17)20-15(16(18)19)14-10-6-5-9-13(14)12-7-3-2-4-8-12/h2-10,15H,1H3,(H,18,19). The predicted octanol–water partition coefficient (Wildman–Crippen LogP) is 3.04. The molecular weight excluding hydrogens is 256 g/mol. The second kappa shape index (κ2) is 6.02. The number of carboxylic acid groups (broad SMARTS) is 1. The van der Waals surface area contributed by atoms with Crippen LogP contribution in [0.2, 0.25) is 0 Å². The number of benzene rings is 2. The lowest BCUT2D eigenvalue weighted by atomic mass is 9.96. The molecule has 0 spiro atoms. The zero-order valence-corrected chi connectivity index (χ0v) is 10.9. The van der Waals surface area contributed by atoms with Crippen LogP contribution in [0, 0.1) is 0 Å². The van der Waals surface area contributed by atoms with Gasteiger partial charge in [-0.15, -0.1) is 0 Å². The highest BCUT2D eigenvalue weighted by Crippen LogP contribution is 2.30. The first-order chi connectivity index (χ1) is 9.59. The summed E-state index contributed by atoms with van der Waals surface area (Å²) >= 11 is 0. The molecule has 0 amide bonds. The van der Waals surface area contributed by atoms with E-state index in [1.807, 2.05) is 42.5 Å². The van der Waals surface area contributed by atoms with Crippen molar-refractivity contribution in [1.29, 1.82) is 0 Å². The molecule has 0 aliphatic rings. The van der Waals surface area contributed by atoms with Gasteiger partial charge in [-0.2, -0.15) is 0 Å². The molecule has 1 N–H and O–H groups in total. The van der Waals surface area contributed by atoms with Crippen LogP contribution in [-0.2, 0) is 14.3 Å². The molecule has 0 radical (unpaired) electrons. The van der Waals surface area contributed by atoms with Crippen molar-refractivity contribution in [2.45, 2.75) is 13.0 Å². The molecular formula is C16H14O4. The third-order valence-corrected chi connectivity index (χ3v) is 2.84. The molecule has 0 saturated carbocycles. The Labute approximate surface area is 116 Å². The smallest absolute Gasteiger partial charge is 0.349 e. The van der Waals surface area contributed by atoms with E-state index >= 15 is 0 Å². The van der Waals surface area contributed by atoms with Gasteiger partial charge >= 0.3 is 11.9 Å². The van der Waals surface area contributed by atoms with Crippen molar-refractivity contribution in [2.24, 2.45) is 0 Å². The van der Waals surface area contributed by atoms with E-state index in [9.17, 15) is 14.7 Å². The molecule has 20 heavy (non-hydrogen) atoms. The van der Waals surface area contributed by atoms with Crippen molar-refractivity contribution >= 4 is 11.9 Å². The monoisotopic (exact) mass is 270 g/mol. The third-order valence-electron chi connectivity index (χ3n) is 2.84. The molecule has 4 nitrogen and oxygen atoms in total. The number of carbonyl (C=O) groups is 2. The number of rotatable bonds is 4. The Kier molecular flexibility index (Phi) is 4.15. The highest BCUT2D eigenvalue weighted by molar-refractivity contribution is 5.82. The third kappa shape index (κ3) is 3.03. The van der Waals surface area contributed by atoms with Gasteiger partial charge in [0.25, 0.3) is 0 Å². The lowest BCUT2D eigenvalue weighted by molar-refractivity contribution is -0.163. The summed E-state index contributed by atoms with van der Waals surface area (Å²) in [4.78, 5) is 22.4. The summed E-state index contributed by atoms with van der Waals surface area (Å²) in [5, 5.41) is 9.27. The lowest BCUT2D eigenvalue weighted by Crippen LogP contribution is -2.18. The Morgan fingerprint density at radius 3 is 2.20 bits per heavy atom. The van der Waals surface area contributed by atoms with Crippen molar-refractivity contribution in [1.82, 2.24) is 0 Å². The minimum atomic E-state index is -1.30. The molecule has 0 fully saturated rings.